The van der Waals surface area contributed by atoms with Crippen LogP contribution in [0.25, 0.3) is 27.6 Å². The maximum Gasteiger partial charge on any atom is 0.137 e. The molecule has 0 bridgehead atoms. The average molecular weight is 489 g/mol. The van der Waals surface area contributed by atoms with Gasteiger partial charge in [-0.25, -0.2) is 4.98 Å². The Labute approximate surface area is 218 Å². The second-order valence-corrected chi connectivity index (χ2v) is 11.0. The zero-order valence-electron chi connectivity index (χ0n) is 22.1. The van der Waals surface area contributed by atoms with Crippen molar-refractivity contribution in [2.45, 2.75) is 33.1 Å². The molecule has 0 radical (unpaired) electrons. The van der Waals surface area contributed by atoms with Crippen LogP contribution in [0.15, 0.2) is 91.4 Å². The molecule has 6 rings (SSSR count). The fraction of sp³-hybridized carbons (Fsp3) is 0.219. The van der Waals surface area contributed by atoms with Gasteiger partial charge >= 0.3 is 0 Å². The molecule has 0 saturated carbocycles. The van der Waals surface area contributed by atoms with E-state index in [1.165, 1.54) is 16.3 Å². The van der Waals surface area contributed by atoms with Gasteiger partial charge in [0, 0.05) is 54.2 Å². The summed E-state index contributed by atoms with van der Waals surface area (Å²) in [4.78, 5) is 9.16. The van der Waals surface area contributed by atoms with E-state index in [-0.39, 0.29) is 5.41 Å². The highest BCUT2D eigenvalue weighted by Gasteiger charge is 2.18. The summed E-state index contributed by atoms with van der Waals surface area (Å²) < 4.78 is 8.71. The van der Waals surface area contributed by atoms with Gasteiger partial charge < -0.3 is 14.5 Å². The van der Waals surface area contributed by atoms with Crippen LogP contribution in [0.4, 0.5) is 5.69 Å². The highest BCUT2D eigenvalue weighted by Crippen LogP contribution is 2.36. The van der Waals surface area contributed by atoms with Gasteiger partial charge in [0.25, 0.3) is 0 Å². The van der Waals surface area contributed by atoms with Crippen molar-refractivity contribution in [1.82, 2.24) is 14.5 Å². The van der Waals surface area contributed by atoms with Gasteiger partial charge in [0.05, 0.1) is 17.7 Å². The maximum atomic E-state index is 6.46. The molecule has 0 aliphatic carbocycles. The average Bonchev–Trinajstić information content (AvgIpc) is 3.44. The van der Waals surface area contributed by atoms with Gasteiger partial charge in [0.15, 0.2) is 0 Å². The minimum Gasteiger partial charge on any atom is -0.457 e. The number of nitrogens with zero attached hydrogens (tertiary/aromatic N) is 4. The van der Waals surface area contributed by atoms with Crippen LogP contribution in [-0.2, 0) is 5.41 Å². The van der Waals surface area contributed by atoms with Crippen LogP contribution in [0.5, 0.6) is 11.5 Å². The Morgan fingerprint density at radius 1 is 0.811 bits per heavy atom. The van der Waals surface area contributed by atoms with Gasteiger partial charge in [-0.2, -0.15) is 0 Å². The summed E-state index contributed by atoms with van der Waals surface area (Å²) in [6.07, 6.45) is 6.09. The molecule has 0 N–H and O–H groups in total. The van der Waals surface area contributed by atoms with Crippen molar-refractivity contribution in [3.8, 4) is 17.3 Å². The fourth-order valence-corrected chi connectivity index (χ4v) is 5.05. The predicted octanol–water partition coefficient (Wildman–Crippen LogP) is 7.76. The number of rotatable bonds is 4. The summed E-state index contributed by atoms with van der Waals surface area (Å²) in [7, 11) is 2.07. The molecule has 5 nitrogen and oxygen atoms in total. The van der Waals surface area contributed by atoms with Gasteiger partial charge in [0.2, 0.25) is 0 Å². The Bertz CT molecular complexity index is 1660. The normalized spacial score (nSPS) is 13.8. The van der Waals surface area contributed by atoms with Crippen LogP contribution >= 0.6 is 0 Å². The standard InChI is InChI=1S/C32H32N4O/c1-22-16-24(35-15-14-34(5)21-35)19-26(17-22)37-25-10-11-28-27-8-6-7-9-29(27)36(30(28)20-25)31-18-23(12-13-33-31)32(2,3)4/h6-20H,21H2,1-5H3. The van der Waals surface area contributed by atoms with Crippen molar-refractivity contribution < 1.29 is 4.74 Å². The largest absolute Gasteiger partial charge is 0.457 e. The van der Waals surface area contributed by atoms with E-state index in [0.29, 0.717) is 0 Å². The van der Waals surface area contributed by atoms with E-state index in [1.807, 2.05) is 6.20 Å². The molecular weight excluding hydrogens is 456 g/mol. The van der Waals surface area contributed by atoms with Crippen molar-refractivity contribution in [1.29, 1.82) is 0 Å². The van der Waals surface area contributed by atoms with Crippen molar-refractivity contribution in [3.05, 3.63) is 103 Å². The number of fused-ring (bicyclic) bond motifs is 3. The Hall–Kier alpha value is -4.25. The molecule has 2 aromatic heterocycles. The Morgan fingerprint density at radius 3 is 2.41 bits per heavy atom. The van der Waals surface area contributed by atoms with Gasteiger partial charge in [-0.3, -0.25) is 4.57 Å². The lowest BCUT2D eigenvalue weighted by Crippen LogP contribution is -2.21. The Morgan fingerprint density at radius 2 is 1.62 bits per heavy atom. The number of para-hydroxylation sites is 1. The summed E-state index contributed by atoms with van der Waals surface area (Å²) in [6.45, 7) is 9.63. The molecule has 0 spiro atoms. The molecule has 1 aliphatic heterocycles. The lowest BCUT2D eigenvalue weighted by atomic mass is 9.88. The molecule has 1 aliphatic rings. The monoisotopic (exact) mass is 488 g/mol. The number of aryl methyl sites for hydroxylation is 1. The van der Waals surface area contributed by atoms with Gasteiger partial charge in [0.1, 0.15) is 17.3 Å². The van der Waals surface area contributed by atoms with Crippen molar-refractivity contribution >= 4 is 27.5 Å². The van der Waals surface area contributed by atoms with Gasteiger partial charge in [-0.1, -0.05) is 39.0 Å². The first-order valence-electron chi connectivity index (χ1n) is 12.7. The van der Waals surface area contributed by atoms with Gasteiger partial charge in [-0.05, 0) is 65.9 Å². The summed E-state index contributed by atoms with van der Waals surface area (Å²) in [5.41, 5.74) is 5.78. The number of ether oxygens (including phenoxy) is 1. The third-order valence-electron chi connectivity index (χ3n) is 6.97. The van der Waals surface area contributed by atoms with E-state index in [1.54, 1.807) is 0 Å². The molecule has 0 saturated heterocycles. The molecule has 0 unspecified atom stereocenters. The van der Waals surface area contributed by atoms with Crippen molar-refractivity contribution in [3.63, 3.8) is 0 Å². The summed E-state index contributed by atoms with van der Waals surface area (Å²) in [5, 5.41) is 2.39. The van der Waals surface area contributed by atoms with Crippen molar-refractivity contribution in [2.75, 3.05) is 18.6 Å². The van der Waals surface area contributed by atoms with Crippen LogP contribution in [0.1, 0.15) is 31.9 Å². The number of anilines is 1. The minimum absolute atomic E-state index is 0.0347. The molecule has 5 aromatic rings. The van der Waals surface area contributed by atoms with Crippen LogP contribution in [0, 0.1) is 6.92 Å². The van der Waals surface area contributed by atoms with E-state index in [9.17, 15) is 0 Å². The zero-order chi connectivity index (χ0) is 25.7. The third kappa shape index (κ3) is 4.31. The molecule has 186 valence electrons. The van der Waals surface area contributed by atoms with E-state index < -0.39 is 0 Å². The summed E-state index contributed by atoms with van der Waals surface area (Å²) in [6, 6.07) is 25.5. The van der Waals surface area contributed by atoms with Gasteiger partial charge in [-0.15, -0.1) is 0 Å². The fourth-order valence-electron chi connectivity index (χ4n) is 5.05. The number of hydrogen-bond donors (Lipinski definition) is 0. The van der Waals surface area contributed by atoms with Crippen LogP contribution in [0.2, 0.25) is 0 Å². The van der Waals surface area contributed by atoms with E-state index in [2.05, 4.69) is 134 Å². The predicted molar refractivity (Wildman–Crippen MR) is 153 cm³/mol. The molecule has 0 atom stereocenters. The maximum absolute atomic E-state index is 6.46. The number of pyridine rings is 1. The lowest BCUT2D eigenvalue weighted by Gasteiger charge is -2.20. The second kappa shape index (κ2) is 8.70. The zero-order valence-corrected chi connectivity index (χ0v) is 22.1. The molecule has 0 fully saturated rings. The minimum atomic E-state index is 0.0347. The first-order chi connectivity index (χ1) is 17.8. The smallest absolute Gasteiger partial charge is 0.137 e. The number of hydrogen-bond acceptors (Lipinski definition) is 4. The van der Waals surface area contributed by atoms with Crippen LogP contribution < -0.4 is 9.64 Å². The topological polar surface area (TPSA) is 33.5 Å². The number of benzene rings is 3. The van der Waals surface area contributed by atoms with Crippen molar-refractivity contribution in [2.24, 2.45) is 0 Å². The lowest BCUT2D eigenvalue weighted by molar-refractivity contribution is 0.481. The van der Waals surface area contributed by atoms with E-state index in [0.717, 1.165) is 46.3 Å². The van der Waals surface area contributed by atoms with Crippen LogP contribution in [0.3, 0.4) is 0 Å². The quantitative estimate of drug-likeness (QED) is 0.259. The molecule has 3 heterocycles. The first kappa shape index (κ1) is 23.2. The van der Waals surface area contributed by atoms with Crippen LogP contribution in [-0.4, -0.2) is 28.2 Å². The molecule has 37 heavy (non-hydrogen) atoms. The first-order valence-corrected chi connectivity index (χ1v) is 12.7. The Kier molecular flexibility index (Phi) is 5.45. The highest BCUT2D eigenvalue weighted by molar-refractivity contribution is 6.09. The third-order valence-corrected chi connectivity index (χ3v) is 6.97. The summed E-state index contributed by atoms with van der Waals surface area (Å²) in [5.74, 6) is 2.54. The van der Waals surface area contributed by atoms with E-state index in [4.69, 9.17) is 9.72 Å². The summed E-state index contributed by atoms with van der Waals surface area (Å²) >= 11 is 0. The van der Waals surface area contributed by atoms with E-state index >= 15 is 0 Å². The molecule has 3 aromatic carbocycles. The number of aromatic nitrogens is 2. The second-order valence-electron chi connectivity index (χ2n) is 11.0. The highest BCUT2D eigenvalue weighted by atomic mass is 16.5. The molecule has 0 amide bonds. The molecular formula is C32H32N4O. The SMILES string of the molecule is Cc1cc(Oc2ccc3c4ccccc4n(-c4cc(C(C)(C)C)ccn4)c3c2)cc(N2C=CN(C)C2)c1. The molecule has 5 heteroatoms. The Balaban J connectivity index is 1.45.